The number of nitrogens with zero attached hydrogens (tertiary/aromatic N) is 4. The lowest BCUT2D eigenvalue weighted by Gasteiger charge is -2.06. The van der Waals surface area contributed by atoms with Gasteiger partial charge in [0.1, 0.15) is 0 Å². The van der Waals surface area contributed by atoms with E-state index in [0.29, 0.717) is 18.2 Å². The van der Waals surface area contributed by atoms with Crippen LogP contribution in [0, 0.1) is 0 Å². The van der Waals surface area contributed by atoms with Gasteiger partial charge in [-0.2, -0.15) is 11.3 Å². The second-order valence-corrected chi connectivity index (χ2v) is 6.36. The quantitative estimate of drug-likeness (QED) is 0.565. The molecule has 1 amide bonds. The second-order valence-electron chi connectivity index (χ2n) is 5.58. The number of hydrogen-bond acceptors (Lipinski definition) is 6. The highest BCUT2D eigenvalue weighted by Crippen LogP contribution is 2.21. The Bertz CT molecular complexity index is 975. The summed E-state index contributed by atoms with van der Waals surface area (Å²) < 4.78 is 7.48. The van der Waals surface area contributed by atoms with E-state index in [0.717, 1.165) is 16.9 Å². The molecule has 0 atom stereocenters. The number of imidazole rings is 1. The average molecular weight is 365 g/mol. The minimum absolute atomic E-state index is 0.101. The van der Waals surface area contributed by atoms with Crippen LogP contribution < -0.4 is 5.32 Å². The van der Waals surface area contributed by atoms with Gasteiger partial charge >= 0.3 is 0 Å². The minimum Gasteiger partial charge on any atom is -0.421 e. The third-order valence-corrected chi connectivity index (χ3v) is 4.44. The molecule has 1 N–H and O–H groups in total. The topological polar surface area (TPSA) is 85.8 Å². The summed E-state index contributed by atoms with van der Waals surface area (Å²) in [4.78, 5) is 16.1. The molecule has 0 aliphatic rings. The predicted octanol–water partition coefficient (Wildman–Crippen LogP) is 3.56. The normalized spacial score (nSPS) is 10.8. The van der Waals surface area contributed by atoms with Crippen molar-refractivity contribution in [1.82, 2.24) is 19.7 Å². The number of rotatable bonds is 6. The molecule has 130 valence electrons. The molecule has 0 spiro atoms. The zero-order chi connectivity index (χ0) is 17.8. The van der Waals surface area contributed by atoms with Crippen molar-refractivity contribution >= 4 is 22.9 Å². The summed E-state index contributed by atoms with van der Waals surface area (Å²) in [6, 6.07) is 9.47. The van der Waals surface area contributed by atoms with Gasteiger partial charge in [-0.3, -0.25) is 4.79 Å². The van der Waals surface area contributed by atoms with Gasteiger partial charge in [-0.05, 0) is 35.7 Å². The molecule has 3 heterocycles. The maximum Gasteiger partial charge on any atom is 0.248 e. The standard InChI is InChI=1S/C18H15N5O2S/c24-16(5-6-17-21-22-18(25-17)13-7-10-26-11-13)20-14-1-3-15(4-2-14)23-9-8-19-12-23/h1-4,7-12H,5-6H2,(H,20,24). The van der Waals surface area contributed by atoms with Crippen LogP contribution >= 0.6 is 11.3 Å². The summed E-state index contributed by atoms with van der Waals surface area (Å²) in [5, 5.41) is 14.8. The number of amides is 1. The van der Waals surface area contributed by atoms with Gasteiger partial charge in [-0.25, -0.2) is 4.98 Å². The number of aryl methyl sites for hydroxylation is 1. The molecule has 0 fully saturated rings. The number of benzene rings is 1. The lowest BCUT2D eigenvalue weighted by atomic mass is 10.2. The fraction of sp³-hybridized carbons (Fsp3) is 0.111. The van der Waals surface area contributed by atoms with Gasteiger partial charge < -0.3 is 14.3 Å². The van der Waals surface area contributed by atoms with Crippen molar-refractivity contribution in [2.24, 2.45) is 0 Å². The number of thiophene rings is 1. The van der Waals surface area contributed by atoms with E-state index in [9.17, 15) is 4.79 Å². The third kappa shape index (κ3) is 3.70. The fourth-order valence-corrected chi connectivity index (χ4v) is 3.06. The van der Waals surface area contributed by atoms with Crippen molar-refractivity contribution in [3.05, 3.63) is 65.7 Å². The molecule has 0 saturated carbocycles. The average Bonchev–Trinajstić information content (AvgIpc) is 3.42. The van der Waals surface area contributed by atoms with Crippen LogP contribution in [-0.2, 0) is 11.2 Å². The third-order valence-electron chi connectivity index (χ3n) is 3.75. The van der Waals surface area contributed by atoms with E-state index in [2.05, 4.69) is 20.5 Å². The highest BCUT2D eigenvalue weighted by molar-refractivity contribution is 7.08. The van der Waals surface area contributed by atoms with Gasteiger partial charge in [0.05, 0.1) is 6.33 Å². The van der Waals surface area contributed by atoms with Crippen LogP contribution in [0.15, 0.2) is 64.2 Å². The van der Waals surface area contributed by atoms with E-state index >= 15 is 0 Å². The summed E-state index contributed by atoms with van der Waals surface area (Å²) in [6.07, 6.45) is 5.98. The lowest BCUT2D eigenvalue weighted by Crippen LogP contribution is -2.12. The monoisotopic (exact) mass is 365 g/mol. The minimum atomic E-state index is -0.101. The van der Waals surface area contributed by atoms with E-state index in [1.54, 1.807) is 23.9 Å². The van der Waals surface area contributed by atoms with E-state index in [1.165, 1.54) is 0 Å². The molecule has 3 aromatic heterocycles. The number of hydrogen-bond donors (Lipinski definition) is 1. The van der Waals surface area contributed by atoms with Crippen molar-refractivity contribution < 1.29 is 9.21 Å². The zero-order valence-corrected chi connectivity index (χ0v) is 14.5. The van der Waals surface area contributed by atoms with Gasteiger partial charge in [0.25, 0.3) is 0 Å². The molecule has 1 aromatic carbocycles. The molecule has 26 heavy (non-hydrogen) atoms. The van der Waals surface area contributed by atoms with E-state index in [4.69, 9.17) is 4.42 Å². The Hall–Kier alpha value is -3.26. The Kier molecular flexibility index (Phi) is 4.57. The Balaban J connectivity index is 1.31. The lowest BCUT2D eigenvalue weighted by molar-refractivity contribution is -0.116. The van der Waals surface area contributed by atoms with E-state index < -0.39 is 0 Å². The van der Waals surface area contributed by atoms with E-state index in [1.807, 2.05) is 51.9 Å². The zero-order valence-electron chi connectivity index (χ0n) is 13.7. The number of aromatic nitrogens is 4. The molecule has 0 saturated heterocycles. The van der Waals surface area contributed by atoms with Gasteiger partial charge in [-0.1, -0.05) is 0 Å². The number of anilines is 1. The molecule has 0 aliphatic carbocycles. The Morgan fingerprint density at radius 1 is 1.19 bits per heavy atom. The molecule has 4 rings (SSSR count). The van der Waals surface area contributed by atoms with E-state index in [-0.39, 0.29) is 12.3 Å². The van der Waals surface area contributed by atoms with Gasteiger partial charge in [0.2, 0.25) is 17.7 Å². The van der Waals surface area contributed by atoms with Crippen LogP contribution in [0.4, 0.5) is 5.69 Å². The van der Waals surface area contributed by atoms with Crippen molar-refractivity contribution in [2.45, 2.75) is 12.8 Å². The number of nitrogens with one attached hydrogen (secondary N) is 1. The molecule has 0 unspecified atom stereocenters. The highest BCUT2D eigenvalue weighted by Gasteiger charge is 2.11. The van der Waals surface area contributed by atoms with Gasteiger partial charge in [0, 0.05) is 47.6 Å². The maximum atomic E-state index is 12.1. The van der Waals surface area contributed by atoms with Crippen molar-refractivity contribution in [3.8, 4) is 17.1 Å². The molecular weight excluding hydrogens is 350 g/mol. The largest absolute Gasteiger partial charge is 0.421 e. The van der Waals surface area contributed by atoms with Crippen molar-refractivity contribution in [1.29, 1.82) is 0 Å². The summed E-state index contributed by atoms with van der Waals surface area (Å²) >= 11 is 1.57. The molecule has 0 aliphatic heterocycles. The molecule has 8 heteroatoms. The predicted molar refractivity (Wildman–Crippen MR) is 98.1 cm³/mol. The van der Waals surface area contributed by atoms with Gasteiger partial charge in [0.15, 0.2) is 0 Å². The number of carbonyl (C=O) groups excluding carboxylic acids is 1. The smallest absolute Gasteiger partial charge is 0.248 e. The first-order valence-corrected chi connectivity index (χ1v) is 8.95. The van der Waals surface area contributed by atoms with Crippen LogP contribution in [0.3, 0.4) is 0 Å². The summed E-state index contributed by atoms with van der Waals surface area (Å²) in [6.45, 7) is 0. The summed E-state index contributed by atoms with van der Waals surface area (Å²) in [7, 11) is 0. The second kappa shape index (κ2) is 7.32. The summed E-state index contributed by atoms with van der Waals surface area (Å²) in [5.74, 6) is 0.837. The Labute approximate surface area is 153 Å². The molecule has 4 aromatic rings. The number of carbonyl (C=O) groups is 1. The van der Waals surface area contributed by atoms with Crippen LogP contribution in [0.1, 0.15) is 12.3 Å². The van der Waals surface area contributed by atoms with Crippen LogP contribution in [0.2, 0.25) is 0 Å². The Morgan fingerprint density at radius 3 is 2.81 bits per heavy atom. The molecule has 0 radical (unpaired) electrons. The first-order chi connectivity index (χ1) is 12.8. The van der Waals surface area contributed by atoms with Crippen molar-refractivity contribution in [3.63, 3.8) is 0 Å². The van der Waals surface area contributed by atoms with Gasteiger partial charge in [-0.15, -0.1) is 10.2 Å². The van der Waals surface area contributed by atoms with Crippen LogP contribution in [0.5, 0.6) is 0 Å². The van der Waals surface area contributed by atoms with Crippen molar-refractivity contribution in [2.75, 3.05) is 5.32 Å². The molecular formula is C18H15N5O2S. The first-order valence-electron chi connectivity index (χ1n) is 8.01. The maximum absolute atomic E-state index is 12.1. The Morgan fingerprint density at radius 2 is 2.08 bits per heavy atom. The summed E-state index contributed by atoms with van der Waals surface area (Å²) in [5.41, 5.74) is 2.62. The fourth-order valence-electron chi connectivity index (χ4n) is 2.43. The van der Waals surface area contributed by atoms with Crippen LogP contribution in [0.25, 0.3) is 17.1 Å². The molecule has 7 nitrogen and oxygen atoms in total. The first kappa shape index (κ1) is 16.2. The SMILES string of the molecule is O=C(CCc1nnc(-c2ccsc2)o1)Nc1ccc(-n2ccnc2)cc1. The van der Waals surface area contributed by atoms with Crippen LogP contribution in [-0.4, -0.2) is 25.7 Å². The highest BCUT2D eigenvalue weighted by atomic mass is 32.1. The molecule has 0 bridgehead atoms.